The number of hydrogen-bond acceptors (Lipinski definition) is 4. The quantitative estimate of drug-likeness (QED) is 0.309. The predicted octanol–water partition coefficient (Wildman–Crippen LogP) is -8.82. The molecule has 0 heterocycles. The molecule has 0 aliphatic rings. The minimum Gasteiger partial charge on any atom is -0.822 e. The van der Waals surface area contributed by atoms with Gasteiger partial charge < -0.3 is 19.2 Å². The molecule has 0 bridgehead atoms. The molecule has 0 unspecified atom stereocenters. The third-order valence-electron chi connectivity index (χ3n) is 0. The summed E-state index contributed by atoms with van der Waals surface area (Å²) in [4.78, 5) is 25.6. The van der Waals surface area contributed by atoms with Crippen LogP contribution in [0, 0.1) is 0 Å². The second kappa shape index (κ2) is 11.6. The molecule has 0 radical (unpaired) electrons. The van der Waals surface area contributed by atoms with Crippen molar-refractivity contribution in [1.29, 1.82) is 0 Å². The van der Waals surface area contributed by atoms with Crippen molar-refractivity contribution >= 4 is 7.82 Å². The molecule has 4 nitrogen and oxygen atoms in total. The summed E-state index contributed by atoms with van der Waals surface area (Å²) in [6.07, 6.45) is 0. The largest absolute Gasteiger partial charge is 2.00 e. The summed E-state index contributed by atoms with van der Waals surface area (Å²) in [5.74, 6) is 0. The molecular formula is CsO4PRbZn+. The van der Waals surface area contributed by atoms with E-state index in [0.29, 0.717) is 0 Å². The first-order valence-electron chi connectivity index (χ1n) is 0.730. The number of phosphoric acid groups is 1. The van der Waals surface area contributed by atoms with Crippen LogP contribution >= 0.6 is 7.82 Å². The first-order chi connectivity index (χ1) is 2.00. The van der Waals surface area contributed by atoms with E-state index in [1.807, 2.05) is 0 Å². The second-order valence-corrected chi connectivity index (χ2v) is 1.34. The minimum absolute atomic E-state index is 0. The van der Waals surface area contributed by atoms with Crippen LogP contribution in [0.4, 0.5) is 0 Å². The molecule has 0 saturated heterocycles. The minimum atomic E-state index is -5.39. The van der Waals surface area contributed by atoms with E-state index in [1.54, 1.807) is 0 Å². The summed E-state index contributed by atoms with van der Waals surface area (Å²) in [5.41, 5.74) is 0. The third-order valence-corrected chi connectivity index (χ3v) is 0. The summed E-state index contributed by atoms with van der Waals surface area (Å²) in [7, 11) is -5.39. The maximum atomic E-state index is 8.55. The Morgan fingerprint density at radius 2 is 1.12 bits per heavy atom. The molecule has 8 heavy (non-hydrogen) atoms. The Morgan fingerprint density at radius 3 is 1.12 bits per heavy atom. The van der Waals surface area contributed by atoms with Crippen molar-refractivity contribution in [3.05, 3.63) is 0 Å². The Labute approximate surface area is 168 Å². The van der Waals surface area contributed by atoms with E-state index in [9.17, 15) is 0 Å². The summed E-state index contributed by atoms with van der Waals surface area (Å²) >= 11 is 0. The second-order valence-electron chi connectivity index (χ2n) is 0.447. The maximum absolute atomic E-state index is 8.55. The molecule has 0 rings (SSSR count). The van der Waals surface area contributed by atoms with Gasteiger partial charge >= 0.3 is 147 Å². The van der Waals surface area contributed by atoms with Gasteiger partial charge in [0.15, 0.2) is 0 Å². The van der Waals surface area contributed by atoms with E-state index < -0.39 is 7.82 Å². The average Bonchev–Trinajstić information content (AvgIpc) is 0.722. The van der Waals surface area contributed by atoms with Crippen molar-refractivity contribution in [1.82, 2.24) is 0 Å². The Hall–Kier alpha value is 4.59. The Bertz CT molecular complexity index is 62.2. The fraction of sp³-hybridized carbons (Fsp3) is 0. The van der Waals surface area contributed by atoms with Gasteiger partial charge in [-0.3, -0.25) is 0 Å². The van der Waals surface area contributed by atoms with Crippen molar-refractivity contribution in [3.8, 4) is 0 Å². The molecule has 32 valence electrons. The molecule has 0 aromatic rings. The van der Waals surface area contributed by atoms with Crippen molar-refractivity contribution < 1.29 is 166 Å². The van der Waals surface area contributed by atoms with Gasteiger partial charge in [-0.05, 0) is 0 Å². The molecule has 0 N–H and O–H groups in total. The first-order valence-corrected chi connectivity index (χ1v) is 2.19. The van der Waals surface area contributed by atoms with Crippen molar-refractivity contribution in [2.75, 3.05) is 0 Å². The van der Waals surface area contributed by atoms with Gasteiger partial charge in [0.2, 0.25) is 0 Å². The van der Waals surface area contributed by atoms with Gasteiger partial charge in [0, 0.05) is 0 Å². The number of hydrogen-bond donors (Lipinski definition) is 0. The molecule has 0 aliphatic carbocycles. The van der Waals surface area contributed by atoms with Gasteiger partial charge in [0.25, 0.3) is 0 Å². The first kappa shape index (κ1) is 22.9. The molecule has 0 aliphatic heterocycles. The van der Waals surface area contributed by atoms with Gasteiger partial charge in [-0.15, -0.1) is 0 Å². The normalized spacial score (nSPS) is 7.38. The molecule has 0 atom stereocenters. The van der Waals surface area contributed by atoms with Crippen molar-refractivity contribution in [2.45, 2.75) is 0 Å². The fourth-order valence-corrected chi connectivity index (χ4v) is 0. The molecule has 0 fully saturated rings. The van der Waals surface area contributed by atoms with Crippen LogP contribution < -0.4 is 142 Å². The van der Waals surface area contributed by atoms with Crippen LogP contribution in [0.2, 0.25) is 0 Å². The van der Waals surface area contributed by atoms with E-state index in [2.05, 4.69) is 0 Å². The maximum Gasteiger partial charge on any atom is 2.00 e. The molecule has 0 aromatic heterocycles. The van der Waals surface area contributed by atoms with Gasteiger partial charge in [-0.25, -0.2) is 0 Å². The van der Waals surface area contributed by atoms with E-state index in [-0.39, 0.29) is 147 Å². The van der Waals surface area contributed by atoms with Gasteiger partial charge in [0.05, 0.1) is 0 Å². The zero-order valence-corrected chi connectivity index (χ0v) is 19.8. The number of rotatable bonds is 0. The third kappa shape index (κ3) is 46.2. The van der Waals surface area contributed by atoms with E-state index >= 15 is 0 Å². The molecule has 0 amide bonds. The van der Waals surface area contributed by atoms with Crippen LogP contribution in [0.25, 0.3) is 0 Å². The summed E-state index contributed by atoms with van der Waals surface area (Å²) in [6.45, 7) is 0. The topological polar surface area (TPSA) is 86.2 Å². The summed E-state index contributed by atoms with van der Waals surface area (Å²) in [5, 5.41) is 0. The Balaban J connectivity index is -0.0000000267. The molecule has 0 saturated carbocycles. The van der Waals surface area contributed by atoms with Crippen LogP contribution in [0.3, 0.4) is 0 Å². The van der Waals surface area contributed by atoms with Crippen LogP contribution in [0.5, 0.6) is 0 Å². The van der Waals surface area contributed by atoms with Crippen LogP contribution in [-0.2, 0) is 24.0 Å². The van der Waals surface area contributed by atoms with Crippen LogP contribution in [0.1, 0.15) is 0 Å². The smallest absolute Gasteiger partial charge is 0.822 e. The Morgan fingerprint density at radius 1 is 1.12 bits per heavy atom. The summed E-state index contributed by atoms with van der Waals surface area (Å²) < 4.78 is 8.55. The molecule has 8 heteroatoms. The monoisotopic (exact) mass is 377 g/mol. The SMILES string of the molecule is O=P([O-])([O-])[O-].[Cs+].[Rb+].[Zn+2]. The van der Waals surface area contributed by atoms with Gasteiger partial charge in [0.1, 0.15) is 0 Å². The standard InChI is InChI=1S/Cs.H3O4P.Rb.Zn/c;1-5(2,3)4;;/h;(H3,1,2,3,4);;/q+1;;+1;+2/p-3. The Kier molecular flexibility index (Phi) is 33.2. The van der Waals surface area contributed by atoms with E-state index in [1.165, 1.54) is 0 Å². The zero-order valence-electron chi connectivity index (χ0n) is 4.79. The zero-order chi connectivity index (χ0) is 4.50. The average molecular weight is 379 g/mol. The van der Waals surface area contributed by atoms with Crippen molar-refractivity contribution in [2.24, 2.45) is 0 Å². The van der Waals surface area contributed by atoms with Crippen molar-refractivity contribution in [3.63, 3.8) is 0 Å². The molecular weight excluding hydrogens is 379 g/mol. The molecule has 0 spiro atoms. The fourth-order valence-electron chi connectivity index (χ4n) is 0. The summed E-state index contributed by atoms with van der Waals surface area (Å²) in [6, 6.07) is 0. The predicted molar refractivity (Wildman–Crippen MR) is 7.61 cm³/mol. The van der Waals surface area contributed by atoms with Crippen LogP contribution in [-0.4, -0.2) is 0 Å². The van der Waals surface area contributed by atoms with Gasteiger partial charge in [-0.1, -0.05) is 0 Å². The van der Waals surface area contributed by atoms with Gasteiger partial charge in [-0.2, -0.15) is 7.82 Å². The van der Waals surface area contributed by atoms with E-state index in [4.69, 9.17) is 19.2 Å². The van der Waals surface area contributed by atoms with E-state index in [0.717, 1.165) is 0 Å². The van der Waals surface area contributed by atoms with Crippen LogP contribution in [0.15, 0.2) is 0 Å². The molecule has 0 aromatic carbocycles.